The van der Waals surface area contributed by atoms with Crippen molar-refractivity contribution in [1.29, 1.82) is 0 Å². The topological polar surface area (TPSA) is 31.5 Å². The van der Waals surface area contributed by atoms with Crippen molar-refractivity contribution in [3.8, 4) is 0 Å². The quantitative estimate of drug-likeness (QED) is 0.565. The summed E-state index contributed by atoms with van der Waals surface area (Å²) >= 11 is 0. The fourth-order valence-electron chi connectivity index (χ4n) is 0. The van der Waals surface area contributed by atoms with Crippen molar-refractivity contribution >= 4 is 37.2 Å². The van der Waals surface area contributed by atoms with Gasteiger partial charge >= 0.3 is 0 Å². The standard InChI is InChI=1S/3ClH.H2O.Zr/h3*1H;1H2;. The number of halogens is 3. The Kier molecular flexibility index (Phi) is 646. The molecule has 36 valence electrons. The third-order valence-electron chi connectivity index (χ3n) is 0. The van der Waals surface area contributed by atoms with Crippen molar-refractivity contribution in [3.05, 3.63) is 0 Å². The maximum atomic E-state index is 0. The van der Waals surface area contributed by atoms with Gasteiger partial charge < -0.3 is 5.48 Å². The van der Waals surface area contributed by atoms with Gasteiger partial charge in [0.05, 0.1) is 0 Å². The van der Waals surface area contributed by atoms with E-state index in [1.807, 2.05) is 0 Å². The van der Waals surface area contributed by atoms with Gasteiger partial charge in [-0.2, -0.15) is 0 Å². The van der Waals surface area contributed by atoms with Crippen LogP contribution < -0.4 is 0 Å². The molecule has 0 atom stereocenters. The van der Waals surface area contributed by atoms with E-state index in [4.69, 9.17) is 0 Å². The largest absolute Gasteiger partial charge is 0.412 e. The second-order valence-corrected chi connectivity index (χ2v) is 0. The van der Waals surface area contributed by atoms with Crippen LogP contribution in [0.4, 0.5) is 0 Å². The molecule has 0 heterocycles. The molecular weight excluding hydrogens is 214 g/mol. The fourth-order valence-corrected chi connectivity index (χ4v) is 0. The zero-order chi connectivity index (χ0) is 0. The molecule has 0 amide bonds. The van der Waals surface area contributed by atoms with E-state index in [1.165, 1.54) is 0 Å². The zero-order valence-corrected chi connectivity index (χ0v) is 7.13. The van der Waals surface area contributed by atoms with Gasteiger partial charge in [-0.05, 0) is 0 Å². The molecule has 5 heavy (non-hydrogen) atoms. The maximum absolute atomic E-state index is 0. The summed E-state index contributed by atoms with van der Waals surface area (Å²) in [6, 6.07) is 0. The van der Waals surface area contributed by atoms with Crippen LogP contribution in [-0.4, -0.2) is 5.48 Å². The third kappa shape index (κ3) is 26.8. The molecule has 0 aliphatic heterocycles. The van der Waals surface area contributed by atoms with Gasteiger partial charge in [0.25, 0.3) is 0 Å². The van der Waals surface area contributed by atoms with E-state index in [0.29, 0.717) is 0 Å². The van der Waals surface area contributed by atoms with Gasteiger partial charge in [0.15, 0.2) is 0 Å². The maximum Gasteiger partial charge on any atom is 0 e. The van der Waals surface area contributed by atoms with Crippen LogP contribution in [0.3, 0.4) is 0 Å². The Hall–Kier alpha value is 1.71. The van der Waals surface area contributed by atoms with E-state index < -0.39 is 0 Å². The number of hydrogen-bond donors (Lipinski definition) is 0. The van der Waals surface area contributed by atoms with Crippen molar-refractivity contribution in [3.63, 3.8) is 0 Å². The third-order valence-corrected chi connectivity index (χ3v) is 0. The van der Waals surface area contributed by atoms with Crippen LogP contribution in [0.25, 0.3) is 0 Å². The van der Waals surface area contributed by atoms with Crippen LogP contribution >= 0.6 is 37.2 Å². The predicted octanol–water partition coefficient (Wildman–Crippen LogP) is 0.438. The van der Waals surface area contributed by atoms with E-state index >= 15 is 0 Å². The Labute approximate surface area is 68.6 Å². The minimum atomic E-state index is 0. The van der Waals surface area contributed by atoms with Crippen LogP contribution in [-0.2, 0) is 26.2 Å². The Morgan fingerprint density at radius 1 is 0.600 bits per heavy atom. The summed E-state index contributed by atoms with van der Waals surface area (Å²) in [5, 5.41) is 0. The van der Waals surface area contributed by atoms with E-state index in [0.717, 1.165) is 0 Å². The van der Waals surface area contributed by atoms with Crippen molar-refractivity contribution < 1.29 is 31.7 Å². The molecule has 0 bridgehead atoms. The molecule has 0 unspecified atom stereocenters. The van der Waals surface area contributed by atoms with Gasteiger partial charge in [0.2, 0.25) is 0 Å². The Morgan fingerprint density at radius 2 is 0.600 bits per heavy atom. The molecule has 2 N–H and O–H groups in total. The summed E-state index contributed by atoms with van der Waals surface area (Å²) in [4.78, 5) is 0. The molecular formula is H5Cl3OZr. The summed E-state index contributed by atoms with van der Waals surface area (Å²) in [7, 11) is 0. The molecule has 0 aromatic rings. The molecule has 0 saturated carbocycles. The molecule has 0 aromatic heterocycles. The van der Waals surface area contributed by atoms with Crippen LogP contribution in [0.5, 0.6) is 0 Å². The van der Waals surface area contributed by atoms with Crippen LogP contribution in [0.15, 0.2) is 0 Å². The Morgan fingerprint density at radius 3 is 0.600 bits per heavy atom. The first-order valence-electron chi connectivity index (χ1n) is 0. The minimum Gasteiger partial charge on any atom is -0.412 e. The van der Waals surface area contributed by atoms with Crippen molar-refractivity contribution in [2.45, 2.75) is 0 Å². The Bertz CT molecular complexity index is 6.85. The number of hydrogen-bond acceptors (Lipinski definition) is 0. The van der Waals surface area contributed by atoms with Gasteiger partial charge in [-0.1, -0.05) is 0 Å². The first-order chi connectivity index (χ1) is 0. The second kappa shape index (κ2) is 43.2. The smallest absolute Gasteiger partial charge is 0 e. The van der Waals surface area contributed by atoms with Gasteiger partial charge in [0.1, 0.15) is 0 Å². The predicted molar refractivity (Wildman–Crippen MR) is 25.4 cm³/mol. The van der Waals surface area contributed by atoms with Gasteiger partial charge in [-0.3, -0.25) is 0 Å². The van der Waals surface area contributed by atoms with E-state index in [1.54, 1.807) is 0 Å². The molecule has 0 saturated heterocycles. The minimum absolute atomic E-state index is 0. The summed E-state index contributed by atoms with van der Waals surface area (Å²) in [5.74, 6) is 0. The van der Waals surface area contributed by atoms with E-state index in [2.05, 4.69) is 0 Å². The first-order valence-corrected chi connectivity index (χ1v) is 0. The average molecular weight is 219 g/mol. The van der Waals surface area contributed by atoms with E-state index in [9.17, 15) is 0 Å². The molecule has 5 heteroatoms. The molecule has 0 spiro atoms. The summed E-state index contributed by atoms with van der Waals surface area (Å²) in [5.41, 5.74) is 0. The molecule has 0 aromatic carbocycles. The van der Waals surface area contributed by atoms with Gasteiger partial charge in [-0.25, -0.2) is 0 Å². The monoisotopic (exact) mass is 216 g/mol. The van der Waals surface area contributed by atoms with Crippen LogP contribution in [0.2, 0.25) is 0 Å². The van der Waals surface area contributed by atoms with Crippen molar-refractivity contribution in [2.24, 2.45) is 0 Å². The number of rotatable bonds is 0. The molecule has 1 nitrogen and oxygen atoms in total. The second-order valence-electron chi connectivity index (χ2n) is 0. The SMILES string of the molecule is Cl.Cl.Cl.O.[Zr]. The summed E-state index contributed by atoms with van der Waals surface area (Å²) in [6.45, 7) is 0. The molecule has 0 fully saturated rings. The van der Waals surface area contributed by atoms with E-state index in [-0.39, 0.29) is 68.9 Å². The zero-order valence-electron chi connectivity index (χ0n) is 2.22. The van der Waals surface area contributed by atoms with Gasteiger partial charge in [-0.15, -0.1) is 37.2 Å². The van der Waals surface area contributed by atoms with Crippen LogP contribution in [0, 0.1) is 0 Å². The average Bonchev–Trinajstić information content (AvgIpc) is 0. The molecule has 0 rings (SSSR count). The van der Waals surface area contributed by atoms with Crippen molar-refractivity contribution in [1.82, 2.24) is 0 Å². The normalized spacial score (nSPS) is 0. The fraction of sp³-hybridized carbons (Fsp3) is 0. The molecule has 0 aliphatic carbocycles. The summed E-state index contributed by atoms with van der Waals surface area (Å²) in [6.07, 6.45) is 0. The van der Waals surface area contributed by atoms with Crippen LogP contribution in [0.1, 0.15) is 0 Å². The first kappa shape index (κ1) is 74.7. The Balaban J connectivity index is 0. The molecule has 0 aliphatic rings. The van der Waals surface area contributed by atoms with Crippen molar-refractivity contribution in [2.75, 3.05) is 0 Å². The van der Waals surface area contributed by atoms with Gasteiger partial charge in [0, 0.05) is 26.2 Å². The molecule has 0 radical (unpaired) electrons. The summed E-state index contributed by atoms with van der Waals surface area (Å²) < 4.78 is 0.